The van der Waals surface area contributed by atoms with Crippen LogP contribution in [0.1, 0.15) is 19.3 Å². The Bertz CT molecular complexity index is 344. The molecule has 0 bridgehead atoms. The molecule has 0 aromatic heterocycles. The van der Waals surface area contributed by atoms with Gasteiger partial charge >= 0.3 is 5.97 Å². The Kier molecular flexibility index (Phi) is 25.4. The highest BCUT2D eigenvalue weighted by atomic mass is 16.6. The Morgan fingerprint density at radius 3 is 1.10 bits per heavy atom. The van der Waals surface area contributed by atoms with Crippen molar-refractivity contribution >= 4 is 5.97 Å². The SMILES string of the molecule is COCCOCCOCCOCCOCCOCCOCCOCCCCC(=O)O. The number of rotatable bonds is 26. The Balaban J connectivity index is 2.99. The molecule has 0 heterocycles. The van der Waals surface area contributed by atoms with Crippen molar-refractivity contribution in [3.05, 3.63) is 0 Å². The van der Waals surface area contributed by atoms with Gasteiger partial charge in [0.15, 0.2) is 0 Å². The summed E-state index contributed by atoms with van der Waals surface area (Å²) < 4.78 is 42.4. The van der Waals surface area contributed by atoms with Crippen molar-refractivity contribution in [2.45, 2.75) is 19.3 Å². The fourth-order valence-electron chi connectivity index (χ4n) is 2.04. The quantitative estimate of drug-likeness (QED) is 0.196. The van der Waals surface area contributed by atoms with Crippen LogP contribution in [0.15, 0.2) is 0 Å². The monoisotopic (exact) mass is 440 g/mol. The van der Waals surface area contributed by atoms with Crippen LogP contribution in [0.3, 0.4) is 0 Å². The van der Waals surface area contributed by atoms with E-state index in [1.165, 1.54) is 0 Å². The third-order valence-electron chi connectivity index (χ3n) is 3.59. The van der Waals surface area contributed by atoms with Gasteiger partial charge in [-0.15, -0.1) is 0 Å². The molecule has 0 fully saturated rings. The van der Waals surface area contributed by atoms with E-state index in [0.29, 0.717) is 106 Å². The first-order chi connectivity index (χ1) is 14.8. The Morgan fingerprint density at radius 1 is 0.500 bits per heavy atom. The predicted molar refractivity (Wildman–Crippen MR) is 109 cm³/mol. The molecule has 0 amide bonds. The Hall–Kier alpha value is -0.850. The molecule has 0 atom stereocenters. The fourth-order valence-corrected chi connectivity index (χ4v) is 2.04. The highest BCUT2D eigenvalue weighted by Crippen LogP contribution is 1.95. The zero-order valence-electron chi connectivity index (χ0n) is 18.3. The van der Waals surface area contributed by atoms with Gasteiger partial charge in [-0.25, -0.2) is 0 Å². The molecule has 10 nitrogen and oxygen atoms in total. The minimum atomic E-state index is -0.769. The van der Waals surface area contributed by atoms with Crippen LogP contribution in [0, 0.1) is 0 Å². The highest BCUT2D eigenvalue weighted by molar-refractivity contribution is 5.66. The van der Waals surface area contributed by atoms with Crippen molar-refractivity contribution in [1.29, 1.82) is 0 Å². The molecular formula is C20H40O10. The lowest BCUT2D eigenvalue weighted by Crippen LogP contribution is -2.14. The average Bonchev–Trinajstić information content (AvgIpc) is 2.73. The van der Waals surface area contributed by atoms with E-state index in [9.17, 15) is 4.79 Å². The molecule has 0 rings (SSSR count). The summed E-state index contributed by atoms with van der Waals surface area (Å²) in [6.45, 7) is 7.98. The topological polar surface area (TPSA) is 111 Å². The largest absolute Gasteiger partial charge is 0.481 e. The first kappa shape index (κ1) is 29.1. The molecule has 0 spiro atoms. The van der Waals surface area contributed by atoms with Gasteiger partial charge in [0.2, 0.25) is 0 Å². The van der Waals surface area contributed by atoms with Crippen LogP contribution in [0.5, 0.6) is 0 Å². The van der Waals surface area contributed by atoms with Crippen LogP contribution in [-0.4, -0.2) is 117 Å². The predicted octanol–water partition coefficient (Wildman–Crippen LogP) is 1.00. The van der Waals surface area contributed by atoms with E-state index in [4.69, 9.17) is 43.0 Å². The zero-order chi connectivity index (χ0) is 22.0. The van der Waals surface area contributed by atoms with Crippen LogP contribution >= 0.6 is 0 Å². The van der Waals surface area contributed by atoms with Crippen LogP contribution < -0.4 is 0 Å². The standard InChI is InChI=1S/C20H40O10/c1-23-6-7-25-10-11-27-14-15-29-18-19-30-17-16-28-13-12-26-9-8-24-5-3-2-4-20(21)22/h2-19H2,1H3,(H,21,22). The second-order valence-electron chi connectivity index (χ2n) is 6.13. The van der Waals surface area contributed by atoms with Crippen LogP contribution in [0.2, 0.25) is 0 Å². The summed E-state index contributed by atoms with van der Waals surface area (Å²) in [6, 6.07) is 0. The molecule has 180 valence electrons. The number of carbonyl (C=O) groups is 1. The summed E-state index contributed by atoms with van der Waals surface area (Å²) in [5, 5.41) is 8.50. The minimum Gasteiger partial charge on any atom is -0.481 e. The first-order valence-electron chi connectivity index (χ1n) is 10.5. The van der Waals surface area contributed by atoms with Gasteiger partial charge in [-0.05, 0) is 12.8 Å². The molecule has 0 aliphatic rings. The molecule has 0 aromatic carbocycles. The Morgan fingerprint density at radius 2 is 0.800 bits per heavy atom. The third kappa shape index (κ3) is 27.1. The number of carboxylic acids is 1. The molecule has 0 saturated heterocycles. The lowest BCUT2D eigenvalue weighted by atomic mass is 10.2. The molecule has 0 aliphatic carbocycles. The molecular weight excluding hydrogens is 400 g/mol. The van der Waals surface area contributed by atoms with Crippen molar-refractivity contribution in [2.75, 3.05) is 106 Å². The summed E-state index contributed by atoms with van der Waals surface area (Å²) in [6.07, 6.45) is 1.58. The number of unbranched alkanes of at least 4 members (excludes halogenated alkanes) is 1. The number of hydrogen-bond acceptors (Lipinski definition) is 9. The van der Waals surface area contributed by atoms with Crippen molar-refractivity contribution in [3.8, 4) is 0 Å². The molecule has 1 N–H and O–H groups in total. The molecule has 0 aliphatic heterocycles. The molecule has 0 aromatic rings. The van der Waals surface area contributed by atoms with Gasteiger partial charge in [-0.2, -0.15) is 0 Å². The summed E-state index contributed by atoms with van der Waals surface area (Å²) >= 11 is 0. The van der Waals surface area contributed by atoms with Gasteiger partial charge in [0.05, 0.1) is 92.5 Å². The number of aliphatic carboxylic acids is 1. The van der Waals surface area contributed by atoms with Gasteiger partial charge in [0, 0.05) is 20.1 Å². The lowest BCUT2D eigenvalue weighted by Gasteiger charge is -2.08. The summed E-state index contributed by atoms with van der Waals surface area (Å²) in [5.41, 5.74) is 0. The van der Waals surface area contributed by atoms with E-state index in [0.717, 1.165) is 6.42 Å². The van der Waals surface area contributed by atoms with Gasteiger partial charge in [0.1, 0.15) is 0 Å². The van der Waals surface area contributed by atoms with Crippen molar-refractivity contribution in [1.82, 2.24) is 0 Å². The molecule has 10 heteroatoms. The lowest BCUT2D eigenvalue weighted by molar-refractivity contribution is -0.137. The van der Waals surface area contributed by atoms with E-state index in [1.54, 1.807) is 7.11 Å². The fraction of sp³-hybridized carbons (Fsp3) is 0.950. The number of hydrogen-bond donors (Lipinski definition) is 1. The van der Waals surface area contributed by atoms with Gasteiger partial charge in [0.25, 0.3) is 0 Å². The van der Waals surface area contributed by atoms with E-state index in [1.807, 2.05) is 0 Å². The van der Waals surface area contributed by atoms with Crippen LogP contribution in [-0.2, 0) is 42.7 Å². The second kappa shape index (κ2) is 26.2. The van der Waals surface area contributed by atoms with Crippen LogP contribution in [0.25, 0.3) is 0 Å². The second-order valence-corrected chi connectivity index (χ2v) is 6.13. The van der Waals surface area contributed by atoms with E-state index >= 15 is 0 Å². The van der Waals surface area contributed by atoms with Gasteiger partial charge < -0.3 is 43.0 Å². The first-order valence-corrected chi connectivity index (χ1v) is 10.5. The Labute approximate surface area is 180 Å². The summed E-state index contributed by atoms with van der Waals surface area (Å²) in [7, 11) is 1.64. The maximum atomic E-state index is 10.3. The number of methoxy groups -OCH3 is 1. The molecule has 0 radical (unpaired) electrons. The maximum Gasteiger partial charge on any atom is 0.303 e. The van der Waals surface area contributed by atoms with Crippen molar-refractivity contribution < 1.29 is 47.8 Å². The van der Waals surface area contributed by atoms with Crippen LogP contribution in [0.4, 0.5) is 0 Å². The molecule has 0 unspecified atom stereocenters. The van der Waals surface area contributed by atoms with Gasteiger partial charge in [-0.1, -0.05) is 0 Å². The molecule has 0 saturated carbocycles. The van der Waals surface area contributed by atoms with Crippen molar-refractivity contribution in [3.63, 3.8) is 0 Å². The van der Waals surface area contributed by atoms with E-state index < -0.39 is 5.97 Å². The third-order valence-corrected chi connectivity index (χ3v) is 3.59. The zero-order valence-corrected chi connectivity index (χ0v) is 18.3. The summed E-state index contributed by atoms with van der Waals surface area (Å²) in [5.74, 6) is -0.769. The summed E-state index contributed by atoms with van der Waals surface area (Å²) in [4.78, 5) is 10.3. The highest BCUT2D eigenvalue weighted by Gasteiger charge is 1.97. The normalized spacial score (nSPS) is 11.2. The molecule has 30 heavy (non-hydrogen) atoms. The smallest absolute Gasteiger partial charge is 0.303 e. The number of carboxylic acid groups (broad SMARTS) is 1. The number of ether oxygens (including phenoxy) is 8. The maximum absolute atomic E-state index is 10.3. The minimum absolute atomic E-state index is 0.190. The van der Waals surface area contributed by atoms with E-state index in [2.05, 4.69) is 0 Å². The van der Waals surface area contributed by atoms with Crippen molar-refractivity contribution in [2.24, 2.45) is 0 Å². The average molecular weight is 441 g/mol. The van der Waals surface area contributed by atoms with E-state index in [-0.39, 0.29) is 6.42 Å². The van der Waals surface area contributed by atoms with Gasteiger partial charge in [-0.3, -0.25) is 4.79 Å².